The molecule has 1 aliphatic carbocycles. The van der Waals surface area contributed by atoms with Crippen molar-refractivity contribution in [3.05, 3.63) is 66.4 Å². The van der Waals surface area contributed by atoms with E-state index in [1.54, 1.807) is 12.4 Å². The zero-order chi connectivity index (χ0) is 18.9. The molecule has 0 unspecified atom stereocenters. The van der Waals surface area contributed by atoms with Gasteiger partial charge in [0.05, 0.1) is 17.6 Å². The number of aromatic nitrogens is 5. The zero-order valence-electron chi connectivity index (χ0n) is 15.8. The highest BCUT2D eigenvalue weighted by molar-refractivity contribution is 5.76. The number of nitrogens with zero attached hydrogens (tertiary/aromatic N) is 5. The Hall–Kier alpha value is -3.28. The molecule has 5 rings (SSSR count). The summed E-state index contributed by atoms with van der Waals surface area (Å²) in [7, 11) is 0. The summed E-state index contributed by atoms with van der Waals surface area (Å²) in [5.41, 5.74) is 4.26. The smallest absolute Gasteiger partial charge is 0.161 e. The molecule has 1 N–H and O–H groups in total. The van der Waals surface area contributed by atoms with E-state index in [0.717, 1.165) is 40.7 Å². The third-order valence-corrected chi connectivity index (χ3v) is 5.09. The lowest BCUT2D eigenvalue weighted by atomic mass is 10.2. The molecule has 0 bridgehead atoms. The second-order valence-electron chi connectivity index (χ2n) is 7.13. The van der Waals surface area contributed by atoms with E-state index < -0.39 is 0 Å². The molecule has 0 aliphatic heterocycles. The van der Waals surface area contributed by atoms with Gasteiger partial charge in [-0.2, -0.15) is 0 Å². The number of anilines is 1. The van der Waals surface area contributed by atoms with Crippen molar-refractivity contribution in [3.63, 3.8) is 0 Å². The van der Waals surface area contributed by atoms with Crippen LogP contribution in [-0.4, -0.2) is 24.5 Å². The van der Waals surface area contributed by atoms with E-state index in [4.69, 9.17) is 9.97 Å². The molecule has 28 heavy (non-hydrogen) atoms. The maximum atomic E-state index is 4.86. The molecule has 4 aromatic rings. The van der Waals surface area contributed by atoms with Gasteiger partial charge < -0.3 is 9.88 Å². The number of hydrogen-bond donors (Lipinski definition) is 1. The van der Waals surface area contributed by atoms with Gasteiger partial charge in [-0.1, -0.05) is 19.1 Å². The van der Waals surface area contributed by atoms with Crippen LogP contribution >= 0.6 is 0 Å². The van der Waals surface area contributed by atoms with Crippen molar-refractivity contribution in [1.29, 1.82) is 0 Å². The Morgan fingerprint density at radius 1 is 1.04 bits per heavy atom. The summed E-state index contributed by atoms with van der Waals surface area (Å²) in [6.45, 7) is 2.75. The van der Waals surface area contributed by atoms with Crippen LogP contribution in [0.2, 0.25) is 0 Å². The summed E-state index contributed by atoms with van der Waals surface area (Å²) < 4.78 is 2.38. The largest absolute Gasteiger partial charge is 0.363 e. The summed E-state index contributed by atoms with van der Waals surface area (Å²) in [5.74, 6) is 2.61. The minimum absolute atomic E-state index is 0.577. The summed E-state index contributed by atoms with van der Waals surface area (Å²) in [6.07, 6.45) is 6.85. The standard InChI is InChI=1S/C22H22N6/c1-2-16-13-20(27-22(25-16)15-9-11-23-12-10-15)24-14-21-26-18-5-3-4-6-19(18)28(21)17-7-8-17/h3-6,9-13,17H,2,7-8,14H2,1H3,(H,24,25,27). The molecule has 6 nitrogen and oxygen atoms in total. The van der Waals surface area contributed by atoms with Crippen molar-refractivity contribution in [1.82, 2.24) is 24.5 Å². The van der Waals surface area contributed by atoms with Crippen molar-refractivity contribution < 1.29 is 0 Å². The first kappa shape index (κ1) is 16.9. The fraction of sp³-hybridized carbons (Fsp3) is 0.273. The van der Waals surface area contributed by atoms with E-state index in [1.807, 2.05) is 24.3 Å². The molecule has 3 aromatic heterocycles. The first-order chi connectivity index (χ1) is 13.8. The maximum absolute atomic E-state index is 4.86. The van der Waals surface area contributed by atoms with Crippen molar-refractivity contribution in [2.24, 2.45) is 0 Å². The monoisotopic (exact) mass is 370 g/mol. The average molecular weight is 370 g/mol. The van der Waals surface area contributed by atoms with E-state index in [2.05, 4.69) is 45.0 Å². The molecule has 0 spiro atoms. The van der Waals surface area contributed by atoms with E-state index in [-0.39, 0.29) is 0 Å². The predicted molar refractivity (Wildman–Crippen MR) is 110 cm³/mol. The van der Waals surface area contributed by atoms with Crippen LogP contribution in [0.25, 0.3) is 22.4 Å². The maximum Gasteiger partial charge on any atom is 0.161 e. The fourth-order valence-electron chi connectivity index (χ4n) is 3.53. The zero-order valence-corrected chi connectivity index (χ0v) is 15.8. The van der Waals surface area contributed by atoms with Gasteiger partial charge in [0.1, 0.15) is 11.6 Å². The molecule has 1 aromatic carbocycles. The summed E-state index contributed by atoms with van der Waals surface area (Å²) in [4.78, 5) is 18.3. The highest BCUT2D eigenvalue weighted by atomic mass is 15.2. The van der Waals surface area contributed by atoms with Crippen molar-refractivity contribution in [2.45, 2.75) is 38.8 Å². The van der Waals surface area contributed by atoms with Crippen LogP contribution in [0.15, 0.2) is 54.9 Å². The number of para-hydroxylation sites is 2. The molecule has 6 heteroatoms. The molecule has 0 atom stereocenters. The number of pyridine rings is 1. The molecule has 0 radical (unpaired) electrons. The van der Waals surface area contributed by atoms with E-state index >= 15 is 0 Å². The Bertz CT molecular complexity index is 1110. The molecule has 1 saturated carbocycles. The Labute approximate surface area is 163 Å². The SMILES string of the molecule is CCc1cc(NCc2nc3ccccc3n2C2CC2)nc(-c2ccncc2)n1. The van der Waals surface area contributed by atoms with Crippen molar-refractivity contribution in [2.75, 3.05) is 5.32 Å². The quantitative estimate of drug-likeness (QED) is 0.545. The number of hydrogen-bond acceptors (Lipinski definition) is 5. The number of nitrogens with one attached hydrogen (secondary N) is 1. The lowest BCUT2D eigenvalue weighted by molar-refractivity contribution is 0.710. The van der Waals surface area contributed by atoms with Crippen LogP contribution in [0.5, 0.6) is 0 Å². The topological polar surface area (TPSA) is 68.5 Å². The van der Waals surface area contributed by atoms with Gasteiger partial charge in [0.25, 0.3) is 0 Å². The highest BCUT2D eigenvalue weighted by Crippen LogP contribution is 2.38. The van der Waals surface area contributed by atoms with Crippen LogP contribution < -0.4 is 5.32 Å². The van der Waals surface area contributed by atoms with Gasteiger partial charge in [-0.3, -0.25) is 4.98 Å². The molecule has 3 heterocycles. The fourth-order valence-corrected chi connectivity index (χ4v) is 3.53. The second-order valence-corrected chi connectivity index (χ2v) is 7.13. The Morgan fingerprint density at radius 3 is 2.64 bits per heavy atom. The summed E-state index contributed by atoms with van der Waals surface area (Å²) in [6, 6.07) is 14.8. The molecular weight excluding hydrogens is 348 g/mol. The second kappa shape index (κ2) is 7.03. The van der Waals surface area contributed by atoms with Crippen LogP contribution in [0, 0.1) is 0 Å². The molecule has 1 fully saturated rings. The van der Waals surface area contributed by atoms with Crippen LogP contribution in [0.3, 0.4) is 0 Å². The van der Waals surface area contributed by atoms with Crippen LogP contribution in [0.4, 0.5) is 5.82 Å². The number of imidazole rings is 1. The summed E-state index contributed by atoms with van der Waals surface area (Å²) in [5, 5.41) is 3.48. The van der Waals surface area contributed by atoms with E-state index in [0.29, 0.717) is 12.6 Å². The Kier molecular flexibility index (Phi) is 4.24. The van der Waals surface area contributed by atoms with E-state index in [9.17, 15) is 0 Å². The molecule has 140 valence electrons. The molecule has 0 amide bonds. The van der Waals surface area contributed by atoms with Crippen molar-refractivity contribution >= 4 is 16.9 Å². The predicted octanol–water partition coefficient (Wildman–Crippen LogP) is 4.40. The lowest BCUT2D eigenvalue weighted by Crippen LogP contribution is -2.10. The third kappa shape index (κ3) is 3.22. The highest BCUT2D eigenvalue weighted by Gasteiger charge is 2.27. The van der Waals surface area contributed by atoms with Gasteiger partial charge in [-0.15, -0.1) is 0 Å². The molecule has 1 aliphatic rings. The molecule has 0 saturated heterocycles. The van der Waals surface area contributed by atoms with Crippen LogP contribution in [0.1, 0.15) is 37.3 Å². The third-order valence-electron chi connectivity index (χ3n) is 5.09. The van der Waals surface area contributed by atoms with Gasteiger partial charge in [0, 0.05) is 35.8 Å². The minimum atomic E-state index is 0.577. The Morgan fingerprint density at radius 2 is 1.86 bits per heavy atom. The minimum Gasteiger partial charge on any atom is -0.363 e. The number of rotatable bonds is 6. The van der Waals surface area contributed by atoms with Crippen molar-refractivity contribution in [3.8, 4) is 11.4 Å². The van der Waals surface area contributed by atoms with Crippen LogP contribution in [-0.2, 0) is 13.0 Å². The lowest BCUT2D eigenvalue weighted by Gasteiger charge is -2.11. The average Bonchev–Trinajstić information content (AvgIpc) is 3.52. The van der Waals surface area contributed by atoms with Gasteiger partial charge in [-0.25, -0.2) is 15.0 Å². The van der Waals surface area contributed by atoms with Gasteiger partial charge in [0.15, 0.2) is 5.82 Å². The first-order valence-electron chi connectivity index (χ1n) is 9.80. The van der Waals surface area contributed by atoms with Gasteiger partial charge in [0.2, 0.25) is 0 Å². The number of aryl methyl sites for hydroxylation is 1. The molecular formula is C22H22N6. The normalized spacial score (nSPS) is 13.8. The number of benzene rings is 1. The van der Waals surface area contributed by atoms with Gasteiger partial charge >= 0.3 is 0 Å². The first-order valence-corrected chi connectivity index (χ1v) is 9.80. The van der Waals surface area contributed by atoms with E-state index in [1.165, 1.54) is 18.4 Å². The Balaban J connectivity index is 1.46. The summed E-state index contributed by atoms with van der Waals surface area (Å²) >= 11 is 0. The number of fused-ring (bicyclic) bond motifs is 1. The van der Waals surface area contributed by atoms with Gasteiger partial charge in [-0.05, 0) is 43.5 Å².